The van der Waals surface area contributed by atoms with Crippen LogP contribution in [0.1, 0.15) is 64.9 Å². The Bertz CT molecular complexity index is 1150. The maximum atomic E-state index is 10.2. The van der Waals surface area contributed by atoms with Gasteiger partial charge in [-0.15, -0.1) is 0 Å². The van der Waals surface area contributed by atoms with E-state index in [1.165, 1.54) is 6.42 Å². The number of thiocarbonyl (C=S) groups is 1. The molecule has 180 valence electrons. The number of rotatable bonds is 4. The summed E-state index contributed by atoms with van der Waals surface area (Å²) in [5.41, 5.74) is 2.30. The summed E-state index contributed by atoms with van der Waals surface area (Å²) in [4.78, 5) is 7.30. The SMILES string of the molecule is CC(C)(C)C/C(=C/c1ccc(Cl)cc1Cl)N=C1N(c2cccc(O)c2)C(=S)NC12CCCCC2. The molecule has 2 aromatic carbocycles. The van der Waals surface area contributed by atoms with Crippen molar-refractivity contribution in [3.8, 4) is 5.75 Å². The number of phenolic OH excluding ortho intramolecular Hbond substituents is 1. The lowest BCUT2D eigenvalue weighted by Gasteiger charge is -2.34. The Morgan fingerprint density at radius 1 is 1.15 bits per heavy atom. The van der Waals surface area contributed by atoms with Gasteiger partial charge in [0.15, 0.2) is 5.11 Å². The molecule has 0 aromatic heterocycles. The molecule has 2 fully saturated rings. The second-order valence-corrected chi connectivity index (χ2v) is 11.6. The third-order valence-corrected chi connectivity index (χ3v) is 7.08. The van der Waals surface area contributed by atoms with Crippen LogP contribution in [0.4, 0.5) is 5.69 Å². The fourth-order valence-corrected chi connectivity index (χ4v) is 5.61. The number of phenols is 1. The van der Waals surface area contributed by atoms with Gasteiger partial charge in [0.05, 0.1) is 11.2 Å². The van der Waals surface area contributed by atoms with Crippen LogP contribution >= 0.6 is 35.4 Å². The molecule has 0 atom stereocenters. The Labute approximate surface area is 217 Å². The van der Waals surface area contributed by atoms with Crippen molar-refractivity contribution in [2.45, 2.75) is 64.8 Å². The normalized spacial score (nSPS) is 19.7. The molecule has 2 aromatic rings. The van der Waals surface area contributed by atoms with Crippen LogP contribution in [0.5, 0.6) is 5.75 Å². The fraction of sp³-hybridized carbons (Fsp3) is 0.407. The monoisotopic (exact) mass is 515 g/mol. The number of nitrogens with one attached hydrogen (secondary N) is 1. The van der Waals surface area contributed by atoms with Crippen LogP contribution in [0.3, 0.4) is 0 Å². The number of nitrogens with zero attached hydrogens (tertiary/aromatic N) is 2. The molecule has 1 aliphatic carbocycles. The topological polar surface area (TPSA) is 47.9 Å². The van der Waals surface area contributed by atoms with Crippen LogP contribution in [-0.4, -0.2) is 21.6 Å². The zero-order valence-electron chi connectivity index (χ0n) is 19.9. The van der Waals surface area contributed by atoms with E-state index in [1.54, 1.807) is 18.2 Å². The smallest absolute Gasteiger partial charge is 0.179 e. The molecule has 1 heterocycles. The minimum atomic E-state index is -0.318. The van der Waals surface area contributed by atoms with Gasteiger partial charge in [-0.2, -0.15) is 0 Å². The Morgan fingerprint density at radius 3 is 2.53 bits per heavy atom. The molecule has 0 unspecified atom stereocenters. The average Bonchev–Trinajstić information content (AvgIpc) is 2.99. The molecule has 4 rings (SSSR count). The van der Waals surface area contributed by atoms with Gasteiger partial charge in [0, 0.05) is 21.8 Å². The van der Waals surface area contributed by atoms with Crippen molar-refractivity contribution in [2.75, 3.05) is 4.90 Å². The van der Waals surface area contributed by atoms with E-state index >= 15 is 0 Å². The standard InChI is InChI=1S/C27H31Cl2N3OS/c1-26(2,3)17-20(14-18-10-11-19(28)15-23(18)29)30-24-27(12-5-4-6-13-27)31-25(34)32(24)21-8-7-9-22(33)16-21/h7-11,14-16,33H,4-6,12-13,17H2,1-3H3,(H,31,34)/b20-14-,30-24?. The predicted octanol–water partition coefficient (Wildman–Crippen LogP) is 7.97. The first-order chi connectivity index (χ1) is 16.1. The lowest BCUT2D eigenvalue weighted by Crippen LogP contribution is -2.48. The van der Waals surface area contributed by atoms with E-state index in [9.17, 15) is 5.11 Å². The van der Waals surface area contributed by atoms with Crippen molar-refractivity contribution in [1.29, 1.82) is 0 Å². The molecule has 0 bridgehead atoms. The number of aliphatic imine (C=N–C) groups is 1. The Hall–Kier alpha value is -2.08. The van der Waals surface area contributed by atoms with E-state index in [0.29, 0.717) is 15.2 Å². The molecule has 0 radical (unpaired) electrons. The first-order valence-electron chi connectivity index (χ1n) is 11.7. The number of allylic oxidation sites excluding steroid dienone is 1. The van der Waals surface area contributed by atoms with Gasteiger partial charge in [0.25, 0.3) is 0 Å². The van der Waals surface area contributed by atoms with Gasteiger partial charge in [0.1, 0.15) is 11.6 Å². The summed E-state index contributed by atoms with van der Waals surface area (Å²) in [5, 5.41) is 15.6. The maximum absolute atomic E-state index is 10.2. The number of anilines is 1. The van der Waals surface area contributed by atoms with Crippen molar-refractivity contribution < 1.29 is 5.11 Å². The number of hydrogen-bond donors (Lipinski definition) is 2. The number of benzene rings is 2. The second-order valence-electron chi connectivity index (χ2n) is 10.4. The molecule has 7 heteroatoms. The molecule has 2 aliphatic rings. The van der Waals surface area contributed by atoms with E-state index in [-0.39, 0.29) is 16.7 Å². The summed E-state index contributed by atoms with van der Waals surface area (Å²) in [6.07, 6.45) is 8.17. The van der Waals surface area contributed by atoms with Crippen LogP contribution in [0.15, 0.2) is 53.2 Å². The summed E-state index contributed by atoms with van der Waals surface area (Å²) in [5.74, 6) is 1.09. The van der Waals surface area contributed by atoms with Crippen molar-refractivity contribution in [1.82, 2.24) is 5.32 Å². The third kappa shape index (κ3) is 5.59. The largest absolute Gasteiger partial charge is 0.508 e. The number of halogens is 2. The Kier molecular flexibility index (Phi) is 7.28. The van der Waals surface area contributed by atoms with Crippen molar-refractivity contribution >= 4 is 58.1 Å². The van der Waals surface area contributed by atoms with E-state index in [4.69, 9.17) is 40.4 Å². The van der Waals surface area contributed by atoms with Crippen molar-refractivity contribution in [3.63, 3.8) is 0 Å². The molecule has 1 spiro atoms. The third-order valence-electron chi connectivity index (χ3n) is 6.23. The van der Waals surface area contributed by atoms with Gasteiger partial charge in [-0.25, -0.2) is 4.99 Å². The van der Waals surface area contributed by atoms with E-state index < -0.39 is 0 Å². The first kappa shape index (κ1) is 25.0. The van der Waals surface area contributed by atoms with Gasteiger partial charge in [-0.3, -0.25) is 4.90 Å². The van der Waals surface area contributed by atoms with Crippen LogP contribution in [0.25, 0.3) is 6.08 Å². The maximum Gasteiger partial charge on any atom is 0.179 e. The lowest BCUT2D eigenvalue weighted by atomic mass is 9.81. The second kappa shape index (κ2) is 9.88. The van der Waals surface area contributed by atoms with Crippen LogP contribution in [0, 0.1) is 5.41 Å². The highest BCUT2D eigenvalue weighted by Crippen LogP contribution is 2.39. The Morgan fingerprint density at radius 2 is 1.88 bits per heavy atom. The highest BCUT2D eigenvalue weighted by atomic mass is 35.5. The zero-order valence-corrected chi connectivity index (χ0v) is 22.2. The first-order valence-corrected chi connectivity index (χ1v) is 12.9. The average molecular weight is 517 g/mol. The lowest BCUT2D eigenvalue weighted by molar-refractivity contribution is 0.358. The fourth-order valence-electron chi connectivity index (χ4n) is 4.76. The summed E-state index contributed by atoms with van der Waals surface area (Å²) in [6, 6.07) is 12.7. The van der Waals surface area contributed by atoms with Crippen LogP contribution in [-0.2, 0) is 0 Å². The van der Waals surface area contributed by atoms with Gasteiger partial charge < -0.3 is 10.4 Å². The molecule has 1 saturated carbocycles. The van der Waals surface area contributed by atoms with Crippen molar-refractivity contribution in [3.05, 3.63) is 63.8 Å². The Balaban J connectivity index is 1.88. The number of hydrogen-bond acceptors (Lipinski definition) is 3. The molecule has 1 saturated heterocycles. The molecule has 0 amide bonds. The van der Waals surface area contributed by atoms with Gasteiger partial charge in [0.2, 0.25) is 0 Å². The minimum absolute atomic E-state index is 0.0108. The summed E-state index contributed by atoms with van der Waals surface area (Å²) in [7, 11) is 0. The van der Waals surface area contributed by atoms with Gasteiger partial charge in [-0.05, 0) is 72.8 Å². The molecular formula is C27H31Cl2N3OS. The molecular weight excluding hydrogens is 485 g/mol. The molecule has 34 heavy (non-hydrogen) atoms. The zero-order chi connectivity index (χ0) is 24.5. The van der Waals surface area contributed by atoms with Gasteiger partial charge in [-0.1, -0.05) is 75.4 Å². The van der Waals surface area contributed by atoms with Crippen LogP contribution in [0.2, 0.25) is 10.0 Å². The predicted molar refractivity (Wildman–Crippen MR) is 148 cm³/mol. The summed E-state index contributed by atoms with van der Waals surface area (Å²) in [6.45, 7) is 6.60. The van der Waals surface area contributed by atoms with E-state index in [0.717, 1.165) is 54.9 Å². The number of aromatic hydroxyl groups is 1. The highest BCUT2D eigenvalue weighted by Gasteiger charge is 2.48. The summed E-state index contributed by atoms with van der Waals surface area (Å²) >= 11 is 18.5. The number of amidine groups is 1. The molecule has 2 N–H and O–H groups in total. The molecule has 1 aliphatic heterocycles. The molecule has 4 nitrogen and oxygen atoms in total. The quantitative estimate of drug-likeness (QED) is 0.405. The van der Waals surface area contributed by atoms with E-state index in [1.807, 2.05) is 29.2 Å². The van der Waals surface area contributed by atoms with E-state index in [2.05, 4.69) is 32.2 Å². The van der Waals surface area contributed by atoms with Crippen molar-refractivity contribution in [2.24, 2.45) is 10.4 Å². The van der Waals surface area contributed by atoms with Gasteiger partial charge >= 0.3 is 0 Å². The minimum Gasteiger partial charge on any atom is -0.508 e. The highest BCUT2D eigenvalue weighted by molar-refractivity contribution is 7.80. The summed E-state index contributed by atoms with van der Waals surface area (Å²) < 4.78 is 0. The van der Waals surface area contributed by atoms with Crippen LogP contribution < -0.4 is 10.2 Å².